The molecule has 0 radical (unpaired) electrons. The zero-order valence-electron chi connectivity index (χ0n) is 9.65. The first kappa shape index (κ1) is 13.8. The highest BCUT2D eigenvalue weighted by Gasteiger charge is 2.10. The van der Waals surface area contributed by atoms with Crippen LogP contribution in [0.15, 0.2) is 18.2 Å². The number of carbonyl (C=O) groups is 1. The Bertz CT molecular complexity index is 395. The predicted molar refractivity (Wildman–Crippen MR) is 66.6 cm³/mol. The first-order chi connectivity index (χ1) is 8.04. The van der Waals surface area contributed by atoms with E-state index in [0.717, 1.165) is 18.4 Å². The van der Waals surface area contributed by atoms with Gasteiger partial charge in [0.25, 0.3) is 0 Å². The Morgan fingerprint density at radius 2 is 2.29 bits per heavy atom. The molecule has 0 spiro atoms. The van der Waals surface area contributed by atoms with Crippen molar-refractivity contribution in [3.8, 4) is 5.75 Å². The summed E-state index contributed by atoms with van der Waals surface area (Å²) in [6.45, 7) is 0. The molecule has 0 aliphatic heterocycles. The molecule has 0 heterocycles. The fourth-order valence-electron chi connectivity index (χ4n) is 1.51. The van der Waals surface area contributed by atoms with Crippen molar-refractivity contribution in [1.29, 1.82) is 0 Å². The zero-order valence-corrected chi connectivity index (χ0v) is 10.4. The summed E-state index contributed by atoms with van der Waals surface area (Å²) in [5.41, 5.74) is 6.46. The maximum absolute atomic E-state index is 10.5. The number of methoxy groups -OCH3 is 1. The van der Waals surface area contributed by atoms with Gasteiger partial charge in [0, 0.05) is 0 Å². The Kier molecular flexibility index (Phi) is 5.25. The van der Waals surface area contributed by atoms with Crippen LogP contribution in [-0.4, -0.2) is 24.2 Å². The topological polar surface area (TPSA) is 72.5 Å². The number of halogens is 1. The molecule has 0 saturated heterocycles. The third-order valence-corrected chi connectivity index (χ3v) is 2.81. The lowest BCUT2D eigenvalue weighted by Crippen LogP contribution is -2.29. The van der Waals surface area contributed by atoms with Gasteiger partial charge in [0.15, 0.2) is 0 Å². The maximum atomic E-state index is 10.5. The van der Waals surface area contributed by atoms with Crippen molar-refractivity contribution in [3.63, 3.8) is 0 Å². The molecule has 0 fully saturated rings. The van der Waals surface area contributed by atoms with Crippen LogP contribution in [0.5, 0.6) is 5.75 Å². The Morgan fingerprint density at radius 1 is 1.59 bits per heavy atom. The number of aryl methyl sites for hydroxylation is 1. The third-order valence-electron chi connectivity index (χ3n) is 2.51. The third kappa shape index (κ3) is 4.24. The zero-order chi connectivity index (χ0) is 12.8. The molecule has 0 bridgehead atoms. The van der Waals surface area contributed by atoms with E-state index in [1.165, 1.54) is 0 Å². The molecule has 1 rings (SSSR count). The summed E-state index contributed by atoms with van der Waals surface area (Å²) in [4.78, 5) is 10.5. The van der Waals surface area contributed by atoms with Gasteiger partial charge in [0.1, 0.15) is 11.8 Å². The average molecular weight is 258 g/mol. The summed E-state index contributed by atoms with van der Waals surface area (Å²) in [5, 5.41) is 9.19. The molecule has 0 aliphatic rings. The van der Waals surface area contributed by atoms with Gasteiger partial charge in [-0.3, -0.25) is 4.79 Å². The fraction of sp³-hybridized carbons (Fsp3) is 0.417. The Hall–Kier alpha value is -1.26. The molecule has 4 nitrogen and oxygen atoms in total. The van der Waals surface area contributed by atoms with Gasteiger partial charge < -0.3 is 15.6 Å². The van der Waals surface area contributed by atoms with E-state index in [9.17, 15) is 4.79 Å². The van der Waals surface area contributed by atoms with E-state index in [-0.39, 0.29) is 0 Å². The number of hydrogen-bond acceptors (Lipinski definition) is 3. The molecule has 1 aromatic carbocycles. The normalized spacial score (nSPS) is 12.2. The second-order valence-corrected chi connectivity index (χ2v) is 4.21. The number of ether oxygens (including phenoxy) is 1. The van der Waals surface area contributed by atoms with E-state index >= 15 is 0 Å². The van der Waals surface area contributed by atoms with Crippen molar-refractivity contribution in [2.75, 3.05) is 7.11 Å². The van der Waals surface area contributed by atoms with Crippen LogP contribution in [0.25, 0.3) is 0 Å². The van der Waals surface area contributed by atoms with Crippen LogP contribution in [0, 0.1) is 0 Å². The number of carboxylic acid groups (broad SMARTS) is 1. The molecule has 3 N–H and O–H groups in total. The summed E-state index contributed by atoms with van der Waals surface area (Å²) in [6.07, 6.45) is 1.93. The van der Waals surface area contributed by atoms with Gasteiger partial charge in [-0.15, -0.1) is 0 Å². The minimum atomic E-state index is -0.960. The minimum Gasteiger partial charge on any atom is -0.495 e. The van der Waals surface area contributed by atoms with Crippen LogP contribution in [-0.2, 0) is 11.2 Å². The molecule has 1 atom stereocenters. The number of hydrogen-bond donors (Lipinski definition) is 2. The standard InChI is InChI=1S/C12H16ClNO3/c1-17-11-6-5-8(7-9(11)13)3-2-4-10(14)12(15)16/h5-7,10H,2-4,14H2,1H3,(H,15,16). The van der Waals surface area contributed by atoms with E-state index in [1.54, 1.807) is 13.2 Å². The lowest BCUT2D eigenvalue weighted by molar-refractivity contribution is -0.138. The van der Waals surface area contributed by atoms with Gasteiger partial charge in [-0.1, -0.05) is 17.7 Å². The van der Waals surface area contributed by atoms with E-state index in [4.69, 9.17) is 27.2 Å². The molecular weight excluding hydrogens is 242 g/mol. The summed E-state index contributed by atoms with van der Waals surface area (Å²) in [6, 6.07) is 4.75. The van der Waals surface area contributed by atoms with Crippen LogP contribution >= 0.6 is 11.6 Å². The van der Waals surface area contributed by atoms with E-state index in [2.05, 4.69) is 0 Å². The lowest BCUT2D eigenvalue weighted by Gasteiger charge is -2.08. The lowest BCUT2D eigenvalue weighted by atomic mass is 10.1. The Morgan fingerprint density at radius 3 is 2.82 bits per heavy atom. The maximum Gasteiger partial charge on any atom is 0.320 e. The Labute approximate surface area is 105 Å². The minimum absolute atomic E-state index is 0.457. The Balaban J connectivity index is 2.47. The summed E-state index contributed by atoms with van der Waals surface area (Å²) < 4.78 is 5.04. The van der Waals surface area contributed by atoms with Gasteiger partial charge in [-0.25, -0.2) is 0 Å². The predicted octanol–water partition coefficient (Wildman–Crippen LogP) is 2.08. The largest absolute Gasteiger partial charge is 0.495 e. The number of aliphatic carboxylic acids is 1. The highest BCUT2D eigenvalue weighted by atomic mass is 35.5. The molecule has 94 valence electrons. The van der Waals surface area contributed by atoms with E-state index in [0.29, 0.717) is 17.2 Å². The molecule has 17 heavy (non-hydrogen) atoms. The molecule has 1 unspecified atom stereocenters. The molecule has 0 amide bonds. The second kappa shape index (κ2) is 6.47. The smallest absolute Gasteiger partial charge is 0.320 e. The van der Waals surface area contributed by atoms with Gasteiger partial charge in [-0.05, 0) is 37.0 Å². The van der Waals surface area contributed by atoms with Crippen LogP contribution in [0.3, 0.4) is 0 Å². The second-order valence-electron chi connectivity index (χ2n) is 3.81. The van der Waals surface area contributed by atoms with Crippen molar-refractivity contribution in [2.45, 2.75) is 25.3 Å². The van der Waals surface area contributed by atoms with Gasteiger partial charge in [0.2, 0.25) is 0 Å². The van der Waals surface area contributed by atoms with Gasteiger partial charge in [0.05, 0.1) is 12.1 Å². The highest BCUT2D eigenvalue weighted by molar-refractivity contribution is 6.32. The highest BCUT2D eigenvalue weighted by Crippen LogP contribution is 2.25. The summed E-state index contributed by atoms with van der Waals surface area (Å²) in [7, 11) is 1.56. The number of carboxylic acids is 1. The molecule has 1 aromatic rings. The van der Waals surface area contributed by atoms with Crippen LogP contribution < -0.4 is 10.5 Å². The quantitative estimate of drug-likeness (QED) is 0.818. The SMILES string of the molecule is COc1ccc(CCCC(N)C(=O)O)cc1Cl. The fourth-order valence-corrected chi connectivity index (χ4v) is 1.80. The number of benzene rings is 1. The van der Waals surface area contributed by atoms with Gasteiger partial charge >= 0.3 is 5.97 Å². The average Bonchev–Trinajstić information content (AvgIpc) is 2.29. The van der Waals surface area contributed by atoms with Crippen LogP contribution in [0.4, 0.5) is 0 Å². The van der Waals surface area contributed by atoms with Crippen molar-refractivity contribution in [2.24, 2.45) is 5.73 Å². The van der Waals surface area contributed by atoms with Crippen molar-refractivity contribution < 1.29 is 14.6 Å². The van der Waals surface area contributed by atoms with Gasteiger partial charge in [-0.2, -0.15) is 0 Å². The molecular formula is C12H16ClNO3. The van der Waals surface area contributed by atoms with Crippen molar-refractivity contribution >= 4 is 17.6 Å². The van der Waals surface area contributed by atoms with E-state index in [1.807, 2.05) is 12.1 Å². The first-order valence-electron chi connectivity index (χ1n) is 5.35. The summed E-state index contributed by atoms with van der Waals surface area (Å²) in [5.74, 6) is -0.324. The first-order valence-corrected chi connectivity index (χ1v) is 5.73. The van der Waals surface area contributed by atoms with Crippen molar-refractivity contribution in [1.82, 2.24) is 0 Å². The number of nitrogens with two attached hydrogens (primary N) is 1. The molecule has 0 saturated carbocycles. The monoisotopic (exact) mass is 257 g/mol. The molecule has 5 heteroatoms. The molecule has 0 aromatic heterocycles. The van der Waals surface area contributed by atoms with Crippen LogP contribution in [0.2, 0.25) is 5.02 Å². The summed E-state index contributed by atoms with van der Waals surface area (Å²) >= 11 is 5.98. The van der Waals surface area contributed by atoms with E-state index < -0.39 is 12.0 Å². The number of rotatable bonds is 6. The molecule has 0 aliphatic carbocycles. The van der Waals surface area contributed by atoms with Crippen molar-refractivity contribution in [3.05, 3.63) is 28.8 Å². The van der Waals surface area contributed by atoms with Crippen LogP contribution in [0.1, 0.15) is 18.4 Å².